The Kier molecular flexibility index (Phi) is 5.08. The van der Waals surface area contributed by atoms with Gasteiger partial charge in [-0.15, -0.1) is 0 Å². The van der Waals surface area contributed by atoms with Gasteiger partial charge in [0.1, 0.15) is 0 Å². The number of rotatable bonds is 5. The van der Waals surface area contributed by atoms with Crippen LogP contribution in [0.3, 0.4) is 0 Å². The fourth-order valence-corrected chi connectivity index (χ4v) is 2.60. The van der Waals surface area contributed by atoms with E-state index in [2.05, 4.69) is 5.32 Å². The highest BCUT2D eigenvalue weighted by Gasteiger charge is 2.13. The average Bonchev–Trinajstić information content (AvgIpc) is 2.66. The molecule has 0 atom stereocenters. The molecule has 1 N–H and O–H groups in total. The number of esters is 1. The summed E-state index contributed by atoms with van der Waals surface area (Å²) in [4.78, 5) is 35.5. The number of fused-ring (bicyclic) bond motifs is 1. The molecule has 0 spiro atoms. The van der Waals surface area contributed by atoms with E-state index in [0.717, 1.165) is 10.8 Å². The van der Waals surface area contributed by atoms with Gasteiger partial charge in [-0.25, -0.2) is 4.79 Å². The molecule has 5 heteroatoms. The van der Waals surface area contributed by atoms with Crippen molar-refractivity contribution >= 4 is 34.1 Å². The van der Waals surface area contributed by atoms with Gasteiger partial charge in [0, 0.05) is 11.3 Å². The molecule has 0 unspecified atom stereocenters. The van der Waals surface area contributed by atoms with Crippen LogP contribution >= 0.6 is 0 Å². The van der Waals surface area contributed by atoms with Crippen LogP contribution in [0.5, 0.6) is 0 Å². The first-order chi connectivity index (χ1) is 12.5. The lowest BCUT2D eigenvalue weighted by molar-refractivity contribution is -0.119. The Morgan fingerprint density at radius 3 is 2.31 bits per heavy atom. The fraction of sp³-hybridized carbons (Fsp3) is 0.0952. The molecule has 0 aromatic heterocycles. The molecule has 5 nitrogen and oxygen atoms in total. The zero-order chi connectivity index (χ0) is 18.5. The average molecular weight is 347 g/mol. The van der Waals surface area contributed by atoms with Gasteiger partial charge >= 0.3 is 5.97 Å². The monoisotopic (exact) mass is 347 g/mol. The summed E-state index contributed by atoms with van der Waals surface area (Å²) >= 11 is 0. The molecular formula is C21H17NO4. The van der Waals surface area contributed by atoms with E-state index in [1.165, 1.54) is 6.92 Å². The second kappa shape index (κ2) is 7.61. The molecule has 0 saturated carbocycles. The standard InChI is InChI=1S/C21H17NO4/c1-14(23)15-9-11-17(12-10-15)22-20(24)13-26-21(25)19-8-4-6-16-5-2-3-7-18(16)19/h2-12H,13H2,1H3,(H,22,24). The Balaban J connectivity index is 1.62. The first-order valence-electron chi connectivity index (χ1n) is 8.10. The summed E-state index contributed by atoms with van der Waals surface area (Å²) in [5.74, 6) is -1.05. The number of nitrogens with one attached hydrogen (secondary N) is 1. The Labute approximate surface area is 150 Å². The molecule has 130 valence electrons. The summed E-state index contributed by atoms with van der Waals surface area (Å²) in [5.41, 5.74) is 1.51. The first-order valence-corrected chi connectivity index (χ1v) is 8.10. The maximum absolute atomic E-state index is 12.3. The van der Waals surface area contributed by atoms with Gasteiger partial charge in [0.2, 0.25) is 0 Å². The zero-order valence-electron chi connectivity index (χ0n) is 14.2. The SMILES string of the molecule is CC(=O)c1ccc(NC(=O)COC(=O)c2cccc3ccccc23)cc1. The van der Waals surface area contributed by atoms with Gasteiger partial charge in [-0.1, -0.05) is 36.4 Å². The maximum atomic E-state index is 12.3. The molecule has 0 aliphatic carbocycles. The van der Waals surface area contributed by atoms with Gasteiger partial charge in [0.25, 0.3) is 5.91 Å². The van der Waals surface area contributed by atoms with Gasteiger partial charge in [-0.05, 0) is 48.0 Å². The molecule has 0 saturated heterocycles. The molecule has 0 bridgehead atoms. The van der Waals surface area contributed by atoms with Crippen molar-refractivity contribution < 1.29 is 19.1 Å². The second-order valence-electron chi connectivity index (χ2n) is 5.78. The van der Waals surface area contributed by atoms with Crippen molar-refractivity contribution in [2.24, 2.45) is 0 Å². The molecule has 0 heterocycles. The molecule has 0 fully saturated rings. The van der Waals surface area contributed by atoms with E-state index in [0.29, 0.717) is 16.8 Å². The first kappa shape index (κ1) is 17.4. The second-order valence-corrected chi connectivity index (χ2v) is 5.78. The molecule has 3 rings (SSSR count). The number of benzene rings is 3. The minimum absolute atomic E-state index is 0.0492. The molecule has 26 heavy (non-hydrogen) atoms. The fourth-order valence-electron chi connectivity index (χ4n) is 2.60. The lowest BCUT2D eigenvalue weighted by Gasteiger charge is -2.08. The summed E-state index contributed by atoms with van der Waals surface area (Å²) in [6.07, 6.45) is 0. The van der Waals surface area contributed by atoms with Crippen LogP contribution < -0.4 is 5.32 Å². The summed E-state index contributed by atoms with van der Waals surface area (Å²) in [6.45, 7) is 1.08. The highest BCUT2D eigenvalue weighted by molar-refractivity contribution is 6.05. The van der Waals surface area contributed by atoms with Crippen LogP contribution in [0, 0.1) is 0 Å². The Bertz CT molecular complexity index is 971. The van der Waals surface area contributed by atoms with Crippen LogP contribution in [-0.4, -0.2) is 24.3 Å². The van der Waals surface area contributed by atoms with Gasteiger partial charge in [-0.3, -0.25) is 9.59 Å². The molecule has 0 aliphatic heterocycles. The van der Waals surface area contributed by atoms with Crippen LogP contribution in [0.1, 0.15) is 27.6 Å². The summed E-state index contributed by atoms with van der Waals surface area (Å²) in [6, 6.07) is 19.3. The van der Waals surface area contributed by atoms with Crippen LogP contribution in [0.2, 0.25) is 0 Å². The van der Waals surface area contributed by atoms with Crippen LogP contribution in [-0.2, 0) is 9.53 Å². The Morgan fingerprint density at radius 1 is 0.885 bits per heavy atom. The number of carbonyl (C=O) groups excluding carboxylic acids is 3. The molecule has 0 radical (unpaired) electrons. The van der Waals surface area contributed by atoms with Gasteiger partial charge in [0.15, 0.2) is 12.4 Å². The third-order valence-electron chi connectivity index (χ3n) is 3.92. The van der Waals surface area contributed by atoms with Crippen molar-refractivity contribution in [2.75, 3.05) is 11.9 Å². The Hall–Kier alpha value is -3.47. The molecule has 3 aromatic rings. The van der Waals surface area contributed by atoms with E-state index in [1.807, 2.05) is 30.3 Å². The number of hydrogen-bond donors (Lipinski definition) is 1. The van der Waals surface area contributed by atoms with Crippen LogP contribution in [0.25, 0.3) is 10.8 Å². The number of carbonyl (C=O) groups is 3. The van der Waals surface area contributed by atoms with E-state index < -0.39 is 18.5 Å². The van der Waals surface area contributed by atoms with Crippen molar-refractivity contribution in [3.05, 3.63) is 77.9 Å². The van der Waals surface area contributed by atoms with Crippen molar-refractivity contribution in [3.63, 3.8) is 0 Å². The van der Waals surface area contributed by atoms with Crippen LogP contribution in [0.15, 0.2) is 66.7 Å². The predicted octanol–water partition coefficient (Wildman–Crippen LogP) is 3.84. The number of Topliss-reactive ketones (excluding diaryl/α,β-unsaturated/α-hetero) is 1. The quantitative estimate of drug-likeness (QED) is 0.562. The van der Waals surface area contributed by atoms with Gasteiger partial charge < -0.3 is 10.1 Å². The topological polar surface area (TPSA) is 72.5 Å². The van der Waals surface area contributed by atoms with Crippen molar-refractivity contribution in [3.8, 4) is 0 Å². The number of ketones is 1. The molecular weight excluding hydrogens is 330 g/mol. The summed E-state index contributed by atoms with van der Waals surface area (Å²) < 4.78 is 5.13. The zero-order valence-corrected chi connectivity index (χ0v) is 14.2. The van der Waals surface area contributed by atoms with Crippen molar-refractivity contribution in [1.82, 2.24) is 0 Å². The van der Waals surface area contributed by atoms with Crippen molar-refractivity contribution in [1.29, 1.82) is 0 Å². The minimum atomic E-state index is -0.552. The Morgan fingerprint density at radius 2 is 1.58 bits per heavy atom. The van der Waals surface area contributed by atoms with E-state index in [4.69, 9.17) is 4.74 Å². The molecule has 0 aliphatic rings. The molecule has 3 aromatic carbocycles. The number of amides is 1. The third-order valence-corrected chi connectivity index (χ3v) is 3.92. The summed E-state index contributed by atoms with van der Waals surface area (Å²) in [5, 5.41) is 4.33. The van der Waals surface area contributed by atoms with Crippen molar-refractivity contribution in [2.45, 2.75) is 6.92 Å². The normalized spacial score (nSPS) is 10.3. The lowest BCUT2D eigenvalue weighted by atomic mass is 10.1. The van der Waals surface area contributed by atoms with E-state index >= 15 is 0 Å². The minimum Gasteiger partial charge on any atom is -0.452 e. The van der Waals surface area contributed by atoms with Gasteiger partial charge in [-0.2, -0.15) is 0 Å². The maximum Gasteiger partial charge on any atom is 0.339 e. The van der Waals surface area contributed by atoms with E-state index in [9.17, 15) is 14.4 Å². The highest BCUT2D eigenvalue weighted by Crippen LogP contribution is 2.19. The molecule has 1 amide bonds. The number of hydrogen-bond acceptors (Lipinski definition) is 4. The largest absolute Gasteiger partial charge is 0.452 e. The number of ether oxygens (including phenoxy) is 1. The predicted molar refractivity (Wildman–Crippen MR) is 99.3 cm³/mol. The number of anilines is 1. The highest BCUT2D eigenvalue weighted by atomic mass is 16.5. The summed E-state index contributed by atoms with van der Waals surface area (Å²) in [7, 11) is 0. The smallest absolute Gasteiger partial charge is 0.339 e. The van der Waals surface area contributed by atoms with Crippen LogP contribution in [0.4, 0.5) is 5.69 Å². The van der Waals surface area contributed by atoms with E-state index in [1.54, 1.807) is 36.4 Å². The third kappa shape index (κ3) is 3.95. The van der Waals surface area contributed by atoms with Gasteiger partial charge in [0.05, 0.1) is 5.56 Å². The van der Waals surface area contributed by atoms with E-state index in [-0.39, 0.29) is 5.78 Å². The lowest BCUT2D eigenvalue weighted by Crippen LogP contribution is -2.21.